The Morgan fingerprint density at radius 1 is 0.920 bits per heavy atom. The number of nitrogens with one attached hydrogen (secondary N) is 2. The maximum atomic E-state index is 6.13. The summed E-state index contributed by atoms with van der Waals surface area (Å²) in [5.74, 6) is 1.68. The van der Waals surface area contributed by atoms with Crippen molar-refractivity contribution < 1.29 is 4.74 Å². The van der Waals surface area contributed by atoms with Gasteiger partial charge in [0.1, 0.15) is 5.75 Å². The maximum absolute atomic E-state index is 6.13. The predicted octanol–water partition coefficient (Wildman–Crippen LogP) is 4.71. The second-order valence-corrected chi connectivity index (χ2v) is 7.22. The normalized spacial score (nSPS) is 20.6. The molecule has 2 aromatic carbocycles. The fourth-order valence-electron chi connectivity index (χ4n) is 4.24. The molecule has 2 heterocycles. The molecule has 0 bridgehead atoms. The van der Waals surface area contributed by atoms with Crippen molar-refractivity contribution in [1.82, 2.24) is 5.32 Å². The first-order valence-electron chi connectivity index (χ1n) is 9.65. The van der Waals surface area contributed by atoms with Crippen molar-refractivity contribution in [3.8, 4) is 16.9 Å². The molecule has 0 spiro atoms. The lowest BCUT2D eigenvalue weighted by Gasteiger charge is -2.26. The van der Waals surface area contributed by atoms with Gasteiger partial charge < -0.3 is 15.4 Å². The number of hydrogen-bond donors (Lipinski definition) is 2. The summed E-state index contributed by atoms with van der Waals surface area (Å²) >= 11 is 0. The topological polar surface area (TPSA) is 33.3 Å². The Balaban J connectivity index is 1.88. The van der Waals surface area contributed by atoms with Crippen molar-refractivity contribution in [2.24, 2.45) is 0 Å². The zero-order valence-corrected chi connectivity index (χ0v) is 15.1. The zero-order valence-electron chi connectivity index (χ0n) is 15.1. The summed E-state index contributed by atoms with van der Waals surface area (Å²) in [5, 5.41) is 7.31. The van der Waals surface area contributed by atoms with E-state index in [1.54, 1.807) is 0 Å². The highest BCUT2D eigenvalue weighted by Crippen LogP contribution is 2.45. The van der Waals surface area contributed by atoms with Gasteiger partial charge in [-0.1, -0.05) is 24.3 Å². The largest absolute Gasteiger partial charge is 0.493 e. The van der Waals surface area contributed by atoms with Gasteiger partial charge >= 0.3 is 0 Å². The van der Waals surface area contributed by atoms with Gasteiger partial charge in [0.25, 0.3) is 0 Å². The van der Waals surface area contributed by atoms with E-state index in [2.05, 4.69) is 54.0 Å². The number of aryl methyl sites for hydroxylation is 1. The lowest BCUT2D eigenvalue weighted by molar-refractivity contribution is 0.316. The number of rotatable bonds is 1. The minimum atomic E-state index is 0.587. The molecule has 2 aromatic rings. The van der Waals surface area contributed by atoms with Crippen molar-refractivity contribution in [3.05, 3.63) is 47.5 Å². The SMILES string of the molecule is Cc1ccccc1-c1ccc2c3c1NCCNCCCC3CCCO2. The van der Waals surface area contributed by atoms with E-state index in [0.717, 1.165) is 38.4 Å². The molecule has 2 aliphatic rings. The van der Waals surface area contributed by atoms with Crippen LogP contribution in [0.25, 0.3) is 11.1 Å². The fraction of sp³-hybridized carbons (Fsp3) is 0.455. The minimum Gasteiger partial charge on any atom is -0.493 e. The molecule has 1 unspecified atom stereocenters. The quantitative estimate of drug-likeness (QED) is 0.791. The standard InChI is InChI=1S/C22H28N2O/c1-16-6-2-3-9-18(16)19-10-11-20-21-17(8-5-15-25-20)7-4-12-23-13-14-24-22(19)21/h2-3,6,9-11,17,23-24H,4-5,7-8,12-15H2,1H3. The van der Waals surface area contributed by atoms with E-state index in [9.17, 15) is 0 Å². The van der Waals surface area contributed by atoms with Crippen LogP contribution in [0.1, 0.15) is 42.7 Å². The van der Waals surface area contributed by atoms with Crippen LogP contribution in [0.15, 0.2) is 36.4 Å². The van der Waals surface area contributed by atoms with Crippen LogP contribution in [0.4, 0.5) is 5.69 Å². The van der Waals surface area contributed by atoms with Gasteiger partial charge in [-0.25, -0.2) is 0 Å². The Morgan fingerprint density at radius 2 is 1.80 bits per heavy atom. The molecule has 0 saturated heterocycles. The zero-order chi connectivity index (χ0) is 17.1. The average molecular weight is 336 g/mol. The molecule has 0 aliphatic carbocycles. The molecule has 4 rings (SSSR count). The van der Waals surface area contributed by atoms with E-state index in [-0.39, 0.29) is 0 Å². The number of ether oxygens (including phenoxy) is 1. The Kier molecular flexibility index (Phi) is 4.93. The summed E-state index contributed by atoms with van der Waals surface area (Å²) in [6, 6.07) is 13.1. The first-order chi connectivity index (χ1) is 12.3. The van der Waals surface area contributed by atoms with E-state index in [1.165, 1.54) is 47.2 Å². The van der Waals surface area contributed by atoms with Gasteiger partial charge in [-0.3, -0.25) is 0 Å². The molecule has 0 saturated carbocycles. The van der Waals surface area contributed by atoms with E-state index in [1.807, 2.05) is 0 Å². The fourth-order valence-corrected chi connectivity index (χ4v) is 4.24. The molecule has 2 aliphatic heterocycles. The van der Waals surface area contributed by atoms with Gasteiger partial charge in [-0.15, -0.1) is 0 Å². The van der Waals surface area contributed by atoms with Crippen LogP contribution < -0.4 is 15.4 Å². The van der Waals surface area contributed by atoms with Crippen LogP contribution in [0.2, 0.25) is 0 Å². The summed E-state index contributed by atoms with van der Waals surface area (Å²) < 4.78 is 6.13. The smallest absolute Gasteiger partial charge is 0.124 e. The molecule has 1 atom stereocenters. The van der Waals surface area contributed by atoms with Gasteiger partial charge in [0, 0.05) is 29.9 Å². The second kappa shape index (κ2) is 7.49. The third-order valence-corrected chi connectivity index (χ3v) is 5.51. The minimum absolute atomic E-state index is 0.587. The van der Waals surface area contributed by atoms with Crippen LogP contribution in [0, 0.1) is 6.92 Å². The average Bonchev–Trinajstić information content (AvgIpc) is 2.84. The Bertz CT molecular complexity index is 741. The molecule has 2 N–H and O–H groups in total. The van der Waals surface area contributed by atoms with E-state index < -0.39 is 0 Å². The molecule has 0 fully saturated rings. The summed E-state index contributed by atoms with van der Waals surface area (Å²) in [6.45, 7) is 6.10. The van der Waals surface area contributed by atoms with E-state index in [0.29, 0.717) is 5.92 Å². The van der Waals surface area contributed by atoms with Crippen molar-refractivity contribution in [2.75, 3.05) is 31.6 Å². The van der Waals surface area contributed by atoms with Crippen LogP contribution in [-0.4, -0.2) is 26.2 Å². The highest BCUT2D eigenvalue weighted by molar-refractivity contribution is 5.84. The Labute approximate surface area is 150 Å². The summed E-state index contributed by atoms with van der Waals surface area (Å²) in [7, 11) is 0. The maximum Gasteiger partial charge on any atom is 0.124 e. The highest BCUT2D eigenvalue weighted by Gasteiger charge is 2.26. The van der Waals surface area contributed by atoms with Crippen molar-refractivity contribution in [3.63, 3.8) is 0 Å². The van der Waals surface area contributed by atoms with Crippen LogP contribution >= 0.6 is 0 Å². The Hall–Kier alpha value is -2.00. The molecule has 3 nitrogen and oxygen atoms in total. The molecule has 3 heteroatoms. The second-order valence-electron chi connectivity index (χ2n) is 7.22. The monoisotopic (exact) mass is 336 g/mol. The van der Waals surface area contributed by atoms with E-state index in [4.69, 9.17) is 4.74 Å². The Morgan fingerprint density at radius 3 is 2.72 bits per heavy atom. The number of hydrogen-bond acceptors (Lipinski definition) is 3. The van der Waals surface area contributed by atoms with Gasteiger partial charge in [0.05, 0.1) is 6.61 Å². The van der Waals surface area contributed by atoms with Gasteiger partial charge in [-0.05, 0) is 68.3 Å². The van der Waals surface area contributed by atoms with Gasteiger partial charge in [0.15, 0.2) is 0 Å². The van der Waals surface area contributed by atoms with Crippen LogP contribution in [0.3, 0.4) is 0 Å². The van der Waals surface area contributed by atoms with Crippen molar-refractivity contribution >= 4 is 5.69 Å². The number of anilines is 1. The van der Waals surface area contributed by atoms with Crippen molar-refractivity contribution in [1.29, 1.82) is 0 Å². The van der Waals surface area contributed by atoms with Crippen LogP contribution in [-0.2, 0) is 0 Å². The lowest BCUT2D eigenvalue weighted by Crippen LogP contribution is -2.25. The first-order valence-corrected chi connectivity index (χ1v) is 9.65. The molecule has 25 heavy (non-hydrogen) atoms. The van der Waals surface area contributed by atoms with Crippen molar-refractivity contribution in [2.45, 2.75) is 38.5 Å². The lowest BCUT2D eigenvalue weighted by atomic mass is 9.85. The molecule has 0 aromatic heterocycles. The molecule has 0 amide bonds. The third kappa shape index (κ3) is 3.38. The summed E-state index contributed by atoms with van der Waals surface area (Å²) in [6.07, 6.45) is 4.83. The molecule has 0 radical (unpaired) electrons. The molecular formula is C22H28N2O. The summed E-state index contributed by atoms with van der Waals surface area (Å²) in [5.41, 5.74) is 6.66. The van der Waals surface area contributed by atoms with E-state index >= 15 is 0 Å². The first kappa shape index (κ1) is 16.5. The van der Waals surface area contributed by atoms with Gasteiger partial charge in [-0.2, -0.15) is 0 Å². The highest BCUT2D eigenvalue weighted by atomic mass is 16.5. The molecular weight excluding hydrogens is 308 g/mol. The third-order valence-electron chi connectivity index (χ3n) is 5.51. The molecule has 132 valence electrons. The predicted molar refractivity (Wildman–Crippen MR) is 105 cm³/mol. The van der Waals surface area contributed by atoms with Gasteiger partial charge in [0.2, 0.25) is 0 Å². The van der Waals surface area contributed by atoms with Crippen LogP contribution in [0.5, 0.6) is 5.75 Å². The summed E-state index contributed by atoms with van der Waals surface area (Å²) in [4.78, 5) is 0. The number of benzene rings is 2.